The molecule has 0 bridgehead atoms. The molecule has 0 saturated heterocycles. The highest BCUT2D eigenvalue weighted by atomic mass is 16.5. The number of nitrogens with zero attached hydrogens (tertiary/aromatic N) is 2. The number of benzene rings is 2. The van der Waals surface area contributed by atoms with Gasteiger partial charge in [0.15, 0.2) is 11.5 Å². The molecule has 5 nitrogen and oxygen atoms in total. The molecule has 4 rings (SSSR count). The number of fused-ring (bicyclic) bond motifs is 2. The van der Waals surface area contributed by atoms with Gasteiger partial charge in [-0.05, 0) is 56.2 Å². The van der Waals surface area contributed by atoms with Gasteiger partial charge in [0.05, 0.1) is 0 Å². The van der Waals surface area contributed by atoms with E-state index in [0.717, 1.165) is 22.3 Å². The summed E-state index contributed by atoms with van der Waals surface area (Å²) in [4.78, 5) is 19.2. The van der Waals surface area contributed by atoms with E-state index in [4.69, 9.17) is 10.5 Å². The molecule has 1 unspecified atom stereocenters. The van der Waals surface area contributed by atoms with E-state index in [-0.39, 0.29) is 11.9 Å². The Morgan fingerprint density at radius 2 is 1.93 bits per heavy atom. The minimum Gasteiger partial charge on any atom is -0.487 e. The first kappa shape index (κ1) is 18.1. The Hall–Kier alpha value is -3.26. The third kappa shape index (κ3) is 2.73. The van der Waals surface area contributed by atoms with Gasteiger partial charge in [-0.3, -0.25) is 9.69 Å². The average Bonchev–Trinajstić information content (AvgIpc) is 2.85. The Balaban J connectivity index is 1.90. The lowest BCUT2D eigenvalue weighted by molar-refractivity contribution is -0.133. The molecule has 2 aliphatic heterocycles. The van der Waals surface area contributed by atoms with Gasteiger partial charge in [0.2, 0.25) is 0 Å². The average molecular weight is 373 g/mol. The summed E-state index contributed by atoms with van der Waals surface area (Å²) in [5, 5.41) is 0. The number of amides is 1. The molecule has 2 aromatic rings. The van der Waals surface area contributed by atoms with Crippen molar-refractivity contribution in [1.29, 1.82) is 0 Å². The van der Waals surface area contributed by atoms with Crippen LogP contribution in [0.2, 0.25) is 0 Å². The van der Waals surface area contributed by atoms with E-state index in [1.54, 1.807) is 7.05 Å². The largest absolute Gasteiger partial charge is 0.487 e. The van der Waals surface area contributed by atoms with Crippen LogP contribution < -0.4 is 10.5 Å². The molecular formula is C23H23N3O2. The Morgan fingerprint density at radius 1 is 1.18 bits per heavy atom. The highest BCUT2D eigenvalue weighted by molar-refractivity contribution is 6.07. The number of aliphatic imine (C=N–C) groups is 1. The second-order valence-corrected chi connectivity index (χ2v) is 7.90. The third-order valence-corrected chi connectivity index (χ3v) is 5.27. The molecule has 0 saturated carbocycles. The molecule has 1 amide bonds. The molecule has 2 heterocycles. The Labute approximate surface area is 165 Å². The summed E-state index contributed by atoms with van der Waals surface area (Å²) < 4.78 is 6.17. The van der Waals surface area contributed by atoms with Crippen LogP contribution in [0.25, 0.3) is 11.1 Å². The van der Waals surface area contributed by atoms with Crippen molar-refractivity contribution < 1.29 is 9.53 Å². The third-order valence-electron chi connectivity index (χ3n) is 5.27. The zero-order chi connectivity index (χ0) is 20.1. The minimum absolute atomic E-state index is 0.120. The van der Waals surface area contributed by atoms with Gasteiger partial charge in [0.25, 0.3) is 5.91 Å². The highest BCUT2D eigenvalue weighted by Crippen LogP contribution is 2.49. The van der Waals surface area contributed by atoms with Gasteiger partial charge in [0.1, 0.15) is 11.4 Å². The molecule has 2 aromatic carbocycles. The number of hydrogen-bond donors (Lipinski definition) is 1. The van der Waals surface area contributed by atoms with Crippen molar-refractivity contribution in [2.24, 2.45) is 10.7 Å². The number of carbonyl (C=O) groups is 1. The number of carbonyl (C=O) groups excluding carboxylic acids is 1. The summed E-state index contributed by atoms with van der Waals surface area (Å²) >= 11 is 0. The van der Waals surface area contributed by atoms with Gasteiger partial charge < -0.3 is 10.5 Å². The number of ether oxygens (including phenoxy) is 1. The molecule has 2 N–H and O–H groups in total. The van der Waals surface area contributed by atoms with Crippen LogP contribution in [0.5, 0.6) is 5.75 Å². The van der Waals surface area contributed by atoms with Gasteiger partial charge in [-0.25, -0.2) is 4.99 Å². The second kappa shape index (κ2) is 6.13. The van der Waals surface area contributed by atoms with Crippen LogP contribution in [0, 0.1) is 11.8 Å². The van der Waals surface area contributed by atoms with E-state index in [9.17, 15) is 4.79 Å². The predicted molar refractivity (Wildman–Crippen MR) is 110 cm³/mol. The van der Waals surface area contributed by atoms with Crippen molar-refractivity contribution in [1.82, 2.24) is 4.90 Å². The fourth-order valence-electron chi connectivity index (χ4n) is 4.08. The molecule has 2 aliphatic rings. The Kier molecular flexibility index (Phi) is 3.97. The first-order valence-electron chi connectivity index (χ1n) is 9.26. The maximum atomic E-state index is 13.2. The fourth-order valence-corrected chi connectivity index (χ4v) is 4.08. The Bertz CT molecular complexity index is 1070. The van der Waals surface area contributed by atoms with Crippen LogP contribution in [0.4, 0.5) is 0 Å². The molecule has 0 fully saturated rings. The van der Waals surface area contributed by atoms with E-state index in [1.165, 1.54) is 4.90 Å². The van der Waals surface area contributed by atoms with Crippen molar-refractivity contribution in [3.05, 3.63) is 53.6 Å². The number of nitrogens with two attached hydrogens (primary N) is 1. The van der Waals surface area contributed by atoms with Gasteiger partial charge in [0, 0.05) is 24.6 Å². The van der Waals surface area contributed by atoms with Crippen molar-refractivity contribution in [3.8, 4) is 28.7 Å². The number of guanidine groups is 1. The van der Waals surface area contributed by atoms with E-state index in [1.807, 2.05) is 63.2 Å². The second-order valence-electron chi connectivity index (χ2n) is 7.90. The molecule has 1 spiro atoms. The van der Waals surface area contributed by atoms with E-state index in [2.05, 4.69) is 16.8 Å². The Morgan fingerprint density at radius 3 is 2.61 bits per heavy atom. The number of likely N-dealkylation sites (N-methyl/N-ethyl adjacent to an activating group) is 1. The van der Waals surface area contributed by atoms with Gasteiger partial charge >= 0.3 is 0 Å². The maximum Gasteiger partial charge on any atom is 0.261 e. The van der Waals surface area contributed by atoms with Crippen molar-refractivity contribution in [3.63, 3.8) is 0 Å². The lowest BCUT2D eigenvalue weighted by atomic mass is 9.77. The normalized spacial score (nSPS) is 22.2. The van der Waals surface area contributed by atoms with Crippen molar-refractivity contribution >= 4 is 11.9 Å². The molecule has 0 aromatic heterocycles. The summed E-state index contributed by atoms with van der Waals surface area (Å²) in [5.41, 5.74) is 8.16. The zero-order valence-electron chi connectivity index (χ0n) is 16.5. The van der Waals surface area contributed by atoms with Gasteiger partial charge in [-0.2, -0.15) is 0 Å². The molecule has 1 atom stereocenters. The standard InChI is InChI=1S/C23H23N3O2/c1-5-7-15-8-6-9-16(12-15)17-10-11-19-18(13-17)23(14-22(2,3)28-19)20(27)26(4)21(24)25-23/h6,8-13H,14H2,1-4H3,(H2,24,25). The quantitative estimate of drug-likeness (QED) is 0.780. The fraction of sp³-hybridized carbons (Fsp3) is 0.304. The van der Waals surface area contributed by atoms with Gasteiger partial charge in [-0.15, -0.1) is 5.92 Å². The van der Waals surface area contributed by atoms with Crippen molar-refractivity contribution in [2.45, 2.75) is 38.3 Å². The summed E-state index contributed by atoms with van der Waals surface area (Å²) in [5.74, 6) is 6.80. The van der Waals surface area contributed by atoms with Crippen LogP contribution >= 0.6 is 0 Å². The topological polar surface area (TPSA) is 67.9 Å². The smallest absolute Gasteiger partial charge is 0.261 e. The lowest BCUT2D eigenvalue weighted by Crippen LogP contribution is -2.49. The zero-order valence-corrected chi connectivity index (χ0v) is 16.5. The van der Waals surface area contributed by atoms with E-state index in [0.29, 0.717) is 12.2 Å². The van der Waals surface area contributed by atoms with Crippen LogP contribution in [0.3, 0.4) is 0 Å². The summed E-state index contributed by atoms with van der Waals surface area (Å²) in [6.07, 6.45) is 0.432. The van der Waals surface area contributed by atoms with Crippen LogP contribution in [0.1, 0.15) is 38.3 Å². The molecule has 5 heteroatoms. The lowest BCUT2D eigenvalue weighted by Gasteiger charge is -2.41. The summed E-state index contributed by atoms with van der Waals surface area (Å²) in [7, 11) is 1.66. The minimum atomic E-state index is -1.05. The number of hydrogen-bond acceptors (Lipinski definition) is 4. The van der Waals surface area contributed by atoms with E-state index >= 15 is 0 Å². The number of rotatable bonds is 1. The van der Waals surface area contributed by atoms with Crippen LogP contribution in [-0.4, -0.2) is 29.4 Å². The molecule has 0 aliphatic carbocycles. The van der Waals surface area contributed by atoms with Gasteiger partial charge in [-0.1, -0.05) is 24.1 Å². The molecule has 142 valence electrons. The predicted octanol–water partition coefficient (Wildman–Crippen LogP) is 3.27. The SMILES string of the molecule is CC#Cc1cccc(-c2ccc3c(c2)C2(CC(C)(C)O3)N=C(N)N(C)C2=O)c1. The van der Waals surface area contributed by atoms with Crippen molar-refractivity contribution in [2.75, 3.05) is 7.05 Å². The first-order chi connectivity index (χ1) is 13.3. The maximum absolute atomic E-state index is 13.2. The highest BCUT2D eigenvalue weighted by Gasteiger charge is 2.55. The van der Waals surface area contributed by atoms with Crippen LogP contribution in [0.15, 0.2) is 47.5 Å². The molecular weight excluding hydrogens is 350 g/mol. The van der Waals surface area contributed by atoms with Crippen LogP contribution in [-0.2, 0) is 10.3 Å². The summed E-state index contributed by atoms with van der Waals surface area (Å²) in [6.45, 7) is 5.75. The first-order valence-corrected chi connectivity index (χ1v) is 9.26. The summed E-state index contributed by atoms with van der Waals surface area (Å²) in [6, 6.07) is 13.9. The molecule has 28 heavy (non-hydrogen) atoms. The molecule has 0 radical (unpaired) electrons. The monoisotopic (exact) mass is 373 g/mol. The van der Waals surface area contributed by atoms with E-state index < -0.39 is 11.1 Å².